The molecule has 0 atom stereocenters. The van der Waals surface area contributed by atoms with Crippen molar-refractivity contribution >= 4 is 17.5 Å². The molecule has 4 heterocycles. The highest BCUT2D eigenvalue weighted by molar-refractivity contribution is 5.56. The lowest BCUT2D eigenvalue weighted by Crippen LogP contribution is -2.41. The largest absolute Gasteiger partial charge is 0.493 e. The number of rotatable bonds is 1. The number of nitrogens with zero attached hydrogens (tertiary/aromatic N) is 5. The molecule has 1 saturated heterocycles. The van der Waals surface area contributed by atoms with Crippen LogP contribution in [0.3, 0.4) is 0 Å². The number of nitriles is 1. The Kier molecular flexibility index (Phi) is 7.23. The minimum Gasteiger partial charge on any atom is -0.493 e. The van der Waals surface area contributed by atoms with E-state index in [2.05, 4.69) is 41.0 Å². The Morgan fingerprint density at radius 3 is 2.75 bits per heavy atom. The van der Waals surface area contributed by atoms with Gasteiger partial charge in [-0.05, 0) is 62.2 Å². The molecule has 0 unspecified atom stereocenters. The second kappa shape index (κ2) is 10.7. The molecule has 2 aromatic heterocycles. The number of nitrogens with one attached hydrogen (secondary N) is 3. The van der Waals surface area contributed by atoms with Gasteiger partial charge >= 0.3 is 0 Å². The molecule has 2 aliphatic heterocycles. The highest BCUT2D eigenvalue weighted by Crippen LogP contribution is 2.35. The highest BCUT2D eigenvalue weighted by atomic mass is 16.5. The average Bonchev–Trinajstić information content (AvgIpc) is 3.33. The maximum absolute atomic E-state index is 9.39. The van der Waals surface area contributed by atoms with Gasteiger partial charge in [0.25, 0.3) is 0 Å². The maximum atomic E-state index is 9.39. The molecule has 9 nitrogen and oxygen atoms in total. The number of anilines is 2. The van der Waals surface area contributed by atoms with E-state index in [-0.39, 0.29) is 5.41 Å². The van der Waals surface area contributed by atoms with Crippen molar-refractivity contribution in [3.05, 3.63) is 41.1 Å². The third-order valence-electron chi connectivity index (χ3n) is 7.55. The van der Waals surface area contributed by atoms with Gasteiger partial charge in [-0.15, -0.1) is 0 Å². The first-order valence-electron chi connectivity index (χ1n) is 13.2. The van der Waals surface area contributed by atoms with Crippen molar-refractivity contribution in [1.82, 2.24) is 24.9 Å². The van der Waals surface area contributed by atoms with Gasteiger partial charge in [0.15, 0.2) is 5.65 Å². The van der Waals surface area contributed by atoms with Crippen LogP contribution in [0.1, 0.15) is 75.0 Å². The Hall–Kier alpha value is -3.38. The summed E-state index contributed by atoms with van der Waals surface area (Å²) in [6, 6.07) is 7.83. The van der Waals surface area contributed by atoms with Crippen LogP contribution in [0.2, 0.25) is 0 Å². The number of fused-ring (bicyclic) bond motifs is 5. The monoisotopic (exact) mass is 488 g/mol. The van der Waals surface area contributed by atoms with Crippen LogP contribution in [0.15, 0.2) is 24.4 Å². The van der Waals surface area contributed by atoms with Crippen LogP contribution in [-0.2, 0) is 6.54 Å². The summed E-state index contributed by atoms with van der Waals surface area (Å²) in [7, 11) is 0. The fraction of sp³-hybridized carbons (Fsp3) is 0.556. The molecule has 1 spiro atoms. The van der Waals surface area contributed by atoms with Gasteiger partial charge in [0, 0.05) is 24.2 Å². The van der Waals surface area contributed by atoms with E-state index in [1.54, 1.807) is 4.52 Å². The standard InChI is InChI=1S/C27H36N8O/c1-19(2)22-17-32-35-24(22)33-25-31-18-27(9-11-29-12-10-27)8-4-3-5-13-36-23-14-20(15-28)6-7-21(23)16-30-26(35)34-25/h6-7,14,17,19,29H,3-5,8-13,16,18H2,1-2H3,(H2,30,31,33,34). The normalized spacial score (nSPS) is 18.6. The van der Waals surface area contributed by atoms with Crippen LogP contribution in [-0.4, -0.2) is 45.8 Å². The number of hydrogen-bond acceptors (Lipinski definition) is 8. The topological polar surface area (TPSA) is 112 Å². The Balaban J connectivity index is 1.51. The van der Waals surface area contributed by atoms with E-state index in [1.165, 1.54) is 12.8 Å². The Labute approximate surface area is 212 Å². The number of hydrogen-bond donors (Lipinski definition) is 3. The minimum absolute atomic E-state index is 0.238. The number of aromatic nitrogens is 4. The molecule has 0 amide bonds. The summed E-state index contributed by atoms with van der Waals surface area (Å²) in [6.07, 6.45) is 8.66. The van der Waals surface area contributed by atoms with Crippen molar-refractivity contribution in [3.63, 3.8) is 0 Å². The molecule has 1 aromatic carbocycles. The molecule has 3 N–H and O–H groups in total. The SMILES string of the molecule is CC(C)c1cnn2c3nc(nc12)NCC1(CCCCCOc2cc(C#N)ccc2CN3)CCNCC1. The van der Waals surface area contributed by atoms with Gasteiger partial charge in [-0.3, -0.25) is 0 Å². The van der Waals surface area contributed by atoms with Crippen molar-refractivity contribution in [2.45, 2.75) is 64.8 Å². The minimum atomic E-state index is 0.238. The first-order chi connectivity index (χ1) is 17.6. The Bertz CT molecular complexity index is 1240. The molecule has 2 bridgehead atoms. The van der Waals surface area contributed by atoms with Crippen molar-refractivity contribution in [2.24, 2.45) is 5.41 Å². The van der Waals surface area contributed by atoms with Crippen LogP contribution >= 0.6 is 0 Å². The molecule has 190 valence electrons. The van der Waals surface area contributed by atoms with E-state index in [1.807, 2.05) is 24.4 Å². The van der Waals surface area contributed by atoms with Gasteiger partial charge in [0.2, 0.25) is 11.9 Å². The van der Waals surface area contributed by atoms with E-state index in [0.717, 1.165) is 67.8 Å². The van der Waals surface area contributed by atoms with E-state index >= 15 is 0 Å². The molecule has 0 saturated carbocycles. The number of piperidine rings is 1. The molecule has 3 aromatic rings. The highest BCUT2D eigenvalue weighted by Gasteiger charge is 2.32. The fourth-order valence-electron chi connectivity index (χ4n) is 5.27. The molecule has 5 rings (SSSR count). The van der Waals surface area contributed by atoms with Crippen LogP contribution in [0, 0.1) is 16.7 Å². The second-order valence-corrected chi connectivity index (χ2v) is 10.4. The predicted molar refractivity (Wildman–Crippen MR) is 140 cm³/mol. The summed E-state index contributed by atoms with van der Waals surface area (Å²) >= 11 is 0. The van der Waals surface area contributed by atoms with Crippen LogP contribution in [0.5, 0.6) is 5.75 Å². The van der Waals surface area contributed by atoms with Gasteiger partial charge < -0.3 is 20.7 Å². The van der Waals surface area contributed by atoms with Gasteiger partial charge in [-0.2, -0.15) is 24.8 Å². The summed E-state index contributed by atoms with van der Waals surface area (Å²) in [5, 5.41) is 24.6. The second-order valence-electron chi connectivity index (χ2n) is 10.4. The first-order valence-corrected chi connectivity index (χ1v) is 13.2. The molecular formula is C27H36N8O. The van der Waals surface area contributed by atoms with Gasteiger partial charge in [0.05, 0.1) is 24.4 Å². The zero-order chi connectivity index (χ0) is 25.0. The Morgan fingerprint density at radius 2 is 1.94 bits per heavy atom. The lowest BCUT2D eigenvalue weighted by atomic mass is 9.75. The lowest BCUT2D eigenvalue weighted by Gasteiger charge is -2.38. The molecule has 2 aliphatic rings. The quantitative estimate of drug-likeness (QED) is 0.460. The van der Waals surface area contributed by atoms with E-state index in [9.17, 15) is 5.26 Å². The van der Waals surface area contributed by atoms with Crippen LogP contribution in [0.25, 0.3) is 5.65 Å². The van der Waals surface area contributed by atoms with Crippen molar-refractivity contribution < 1.29 is 4.74 Å². The van der Waals surface area contributed by atoms with Crippen molar-refractivity contribution in [2.75, 3.05) is 36.9 Å². The summed E-state index contributed by atoms with van der Waals surface area (Å²) in [5.74, 6) is 2.31. The third-order valence-corrected chi connectivity index (χ3v) is 7.55. The summed E-state index contributed by atoms with van der Waals surface area (Å²) in [5.41, 5.74) is 3.73. The summed E-state index contributed by atoms with van der Waals surface area (Å²) in [6.45, 7) is 8.42. The molecular weight excluding hydrogens is 452 g/mol. The number of ether oxygens (including phenoxy) is 1. The van der Waals surface area contributed by atoms with Crippen molar-refractivity contribution in [1.29, 1.82) is 5.26 Å². The average molecular weight is 489 g/mol. The maximum Gasteiger partial charge on any atom is 0.229 e. The third kappa shape index (κ3) is 5.24. The van der Waals surface area contributed by atoms with Gasteiger partial charge in [-0.25, -0.2) is 0 Å². The van der Waals surface area contributed by atoms with Gasteiger partial charge in [0.1, 0.15) is 5.75 Å². The Morgan fingerprint density at radius 1 is 1.08 bits per heavy atom. The smallest absolute Gasteiger partial charge is 0.229 e. The van der Waals surface area contributed by atoms with E-state index in [0.29, 0.717) is 36.5 Å². The lowest BCUT2D eigenvalue weighted by molar-refractivity contribution is 0.192. The molecule has 9 heteroatoms. The van der Waals surface area contributed by atoms with Crippen LogP contribution < -0.4 is 20.7 Å². The molecule has 0 radical (unpaired) electrons. The zero-order valence-corrected chi connectivity index (χ0v) is 21.3. The van der Waals surface area contributed by atoms with E-state index in [4.69, 9.17) is 14.7 Å². The van der Waals surface area contributed by atoms with Crippen LogP contribution in [0.4, 0.5) is 11.9 Å². The molecule has 36 heavy (non-hydrogen) atoms. The molecule has 1 fully saturated rings. The summed E-state index contributed by atoms with van der Waals surface area (Å²) < 4.78 is 7.96. The molecule has 0 aliphatic carbocycles. The number of benzene rings is 1. The summed E-state index contributed by atoms with van der Waals surface area (Å²) in [4.78, 5) is 9.74. The predicted octanol–water partition coefficient (Wildman–Crippen LogP) is 4.47. The zero-order valence-electron chi connectivity index (χ0n) is 21.3. The van der Waals surface area contributed by atoms with Crippen molar-refractivity contribution in [3.8, 4) is 11.8 Å². The van der Waals surface area contributed by atoms with E-state index < -0.39 is 0 Å². The fourth-order valence-corrected chi connectivity index (χ4v) is 5.27. The first kappa shape index (κ1) is 24.3. The van der Waals surface area contributed by atoms with Gasteiger partial charge in [-0.1, -0.05) is 32.8 Å².